The van der Waals surface area contributed by atoms with Crippen molar-refractivity contribution in [2.45, 2.75) is 19.4 Å². The first-order valence-electron chi connectivity index (χ1n) is 5.79. The molecule has 0 saturated carbocycles. The van der Waals surface area contributed by atoms with Crippen LogP contribution < -0.4 is 5.32 Å². The summed E-state index contributed by atoms with van der Waals surface area (Å²) in [5, 5.41) is 2.53. The number of nitrogens with zero attached hydrogens (tertiary/aromatic N) is 1. The summed E-state index contributed by atoms with van der Waals surface area (Å²) < 4.78 is 13.8. The van der Waals surface area contributed by atoms with Gasteiger partial charge in [0.15, 0.2) is 0 Å². The molecule has 1 aromatic rings. The third-order valence-corrected chi connectivity index (χ3v) is 3.10. The van der Waals surface area contributed by atoms with Crippen molar-refractivity contribution in [3.05, 3.63) is 35.6 Å². The first-order chi connectivity index (χ1) is 9.00. The molecular weight excluding hydrogens is 247 g/mol. The van der Waals surface area contributed by atoms with Gasteiger partial charge in [0.1, 0.15) is 11.4 Å². The molecule has 1 N–H and O–H groups in total. The monoisotopic (exact) mass is 260 g/mol. The Morgan fingerprint density at radius 3 is 2.68 bits per heavy atom. The lowest BCUT2D eigenvalue weighted by atomic mass is 9.91. The number of nitrogens with one attached hydrogen (secondary N) is 1. The van der Waals surface area contributed by atoms with Gasteiger partial charge >= 0.3 is 6.03 Å². The van der Waals surface area contributed by atoms with E-state index in [-0.39, 0.29) is 12.1 Å². The molecule has 0 aromatic heterocycles. The van der Waals surface area contributed by atoms with Gasteiger partial charge in [0.25, 0.3) is 5.91 Å². The Kier molecular flexibility index (Phi) is 3.26. The van der Waals surface area contributed by atoms with E-state index in [0.717, 1.165) is 4.90 Å². The number of imide groups is 1. The summed E-state index contributed by atoms with van der Waals surface area (Å²) in [6.07, 6.45) is 0. The SMILES string of the molecule is CC#CCN1C(=O)NC(C)(c2ccccc2F)C1=O. The van der Waals surface area contributed by atoms with Crippen molar-refractivity contribution in [1.29, 1.82) is 0 Å². The molecule has 1 fully saturated rings. The molecule has 1 unspecified atom stereocenters. The van der Waals surface area contributed by atoms with Gasteiger partial charge in [-0.3, -0.25) is 9.69 Å². The second kappa shape index (κ2) is 4.73. The van der Waals surface area contributed by atoms with Crippen molar-refractivity contribution in [3.8, 4) is 11.8 Å². The molecule has 1 aliphatic heterocycles. The van der Waals surface area contributed by atoms with E-state index in [9.17, 15) is 14.0 Å². The number of amides is 3. The van der Waals surface area contributed by atoms with Crippen molar-refractivity contribution in [2.24, 2.45) is 0 Å². The highest BCUT2D eigenvalue weighted by atomic mass is 19.1. The predicted molar refractivity (Wildman–Crippen MR) is 67.4 cm³/mol. The van der Waals surface area contributed by atoms with Crippen molar-refractivity contribution in [2.75, 3.05) is 6.54 Å². The molecule has 1 atom stereocenters. The molecule has 2 rings (SSSR count). The van der Waals surface area contributed by atoms with Gasteiger partial charge in [-0.05, 0) is 19.9 Å². The average molecular weight is 260 g/mol. The van der Waals surface area contributed by atoms with Crippen molar-refractivity contribution >= 4 is 11.9 Å². The summed E-state index contributed by atoms with van der Waals surface area (Å²) in [6, 6.07) is 5.34. The zero-order valence-corrected chi connectivity index (χ0v) is 10.7. The lowest BCUT2D eigenvalue weighted by Gasteiger charge is -2.22. The fourth-order valence-electron chi connectivity index (χ4n) is 2.05. The second-order valence-corrected chi connectivity index (χ2v) is 4.35. The number of benzene rings is 1. The van der Waals surface area contributed by atoms with Crippen molar-refractivity contribution < 1.29 is 14.0 Å². The predicted octanol–water partition coefficient (Wildman–Crippen LogP) is 1.62. The summed E-state index contributed by atoms with van der Waals surface area (Å²) in [5.41, 5.74) is -1.22. The molecule has 1 saturated heterocycles. The minimum Gasteiger partial charge on any atom is -0.319 e. The lowest BCUT2D eigenvalue weighted by Crippen LogP contribution is -2.41. The largest absolute Gasteiger partial charge is 0.326 e. The van der Waals surface area contributed by atoms with E-state index in [4.69, 9.17) is 0 Å². The molecule has 0 bridgehead atoms. The maximum Gasteiger partial charge on any atom is 0.326 e. The van der Waals surface area contributed by atoms with Crippen molar-refractivity contribution in [1.82, 2.24) is 10.2 Å². The van der Waals surface area contributed by atoms with Crippen LogP contribution in [0.25, 0.3) is 0 Å². The molecule has 19 heavy (non-hydrogen) atoms. The quantitative estimate of drug-likeness (QED) is 0.649. The highest BCUT2D eigenvalue weighted by Crippen LogP contribution is 2.30. The van der Waals surface area contributed by atoms with Crippen LogP contribution in [0, 0.1) is 17.7 Å². The number of rotatable bonds is 2. The van der Waals surface area contributed by atoms with Crippen LogP contribution in [0.2, 0.25) is 0 Å². The molecule has 1 heterocycles. The van der Waals surface area contributed by atoms with Crippen LogP contribution in [0.3, 0.4) is 0 Å². The Morgan fingerprint density at radius 1 is 1.37 bits per heavy atom. The van der Waals surface area contributed by atoms with Gasteiger partial charge in [-0.25, -0.2) is 9.18 Å². The van der Waals surface area contributed by atoms with E-state index in [1.54, 1.807) is 13.0 Å². The van der Waals surface area contributed by atoms with Gasteiger partial charge in [0.2, 0.25) is 0 Å². The van der Waals surface area contributed by atoms with Crippen LogP contribution >= 0.6 is 0 Å². The van der Waals surface area contributed by atoms with Crippen LogP contribution in [0.1, 0.15) is 19.4 Å². The zero-order valence-electron chi connectivity index (χ0n) is 10.7. The maximum atomic E-state index is 13.8. The van der Waals surface area contributed by atoms with Crippen LogP contribution in [0.5, 0.6) is 0 Å². The third-order valence-electron chi connectivity index (χ3n) is 3.10. The Hall–Kier alpha value is -2.35. The highest BCUT2D eigenvalue weighted by molar-refractivity contribution is 6.07. The van der Waals surface area contributed by atoms with E-state index in [2.05, 4.69) is 17.2 Å². The van der Waals surface area contributed by atoms with E-state index < -0.39 is 23.3 Å². The van der Waals surface area contributed by atoms with Gasteiger partial charge in [-0.2, -0.15) is 0 Å². The van der Waals surface area contributed by atoms with E-state index in [1.807, 2.05) is 0 Å². The van der Waals surface area contributed by atoms with E-state index in [1.165, 1.54) is 25.1 Å². The molecule has 98 valence electrons. The molecule has 5 heteroatoms. The summed E-state index contributed by atoms with van der Waals surface area (Å²) >= 11 is 0. The third kappa shape index (κ3) is 2.06. The number of hydrogen-bond donors (Lipinski definition) is 1. The van der Waals surface area contributed by atoms with Gasteiger partial charge in [0, 0.05) is 5.56 Å². The lowest BCUT2D eigenvalue weighted by molar-refractivity contribution is -0.130. The fourth-order valence-corrected chi connectivity index (χ4v) is 2.05. The first-order valence-corrected chi connectivity index (χ1v) is 5.79. The zero-order chi connectivity index (χ0) is 14.0. The molecule has 1 aliphatic rings. The van der Waals surface area contributed by atoms with Gasteiger partial charge in [0.05, 0.1) is 6.54 Å². The average Bonchev–Trinajstić information content (AvgIpc) is 2.59. The smallest absolute Gasteiger partial charge is 0.319 e. The second-order valence-electron chi connectivity index (χ2n) is 4.35. The molecule has 3 amide bonds. The summed E-state index contributed by atoms with van der Waals surface area (Å²) in [5.74, 6) is 4.25. The standard InChI is InChI=1S/C14H13FN2O2/c1-3-4-9-17-12(18)14(2,16-13(17)19)10-7-5-6-8-11(10)15/h5-8H,9H2,1-2H3,(H,16,19). The van der Waals surface area contributed by atoms with Crippen LogP contribution in [-0.4, -0.2) is 23.4 Å². The van der Waals surface area contributed by atoms with Crippen molar-refractivity contribution in [3.63, 3.8) is 0 Å². The fraction of sp³-hybridized carbons (Fsp3) is 0.286. The summed E-state index contributed by atoms with van der Waals surface area (Å²) in [7, 11) is 0. The minimum atomic E-state index is -1.38. The number of hydrogen-bond acceptors (Lipinski definition) is 2. The molecule has 0 radical (unpaired) electrons. The first kappa shape index (κ1) is 13.1. The topological polar surface area (TPSA) is 49.4 Å². The minimum absolute atomic E-state index is 0.00517. The Bertz CT molecular complexity index is 603. The number of urea groups is 1. The van der Waals surface area contributed by atoms with Crippen LogP contribution in [-0.2, 0) is 10.3 Å². The highest BCUT2D eigenvalue weighted by Gasteiger charge is 2.49. The number of carbonyl (C=O) groups excluding carboxylic acids is 2. The normalized spacial score (nSPS) is 21.9. The van der Waals surface area contributed by atoms with Gasteiger partial charge in [-0.15, -0.1) is 5.92 Å². The summed E-state index contributed by atoms with van der Waals surface area (Å²) in [4.78, 5) is 25.1. The van der Waals surface area contributed by atoms with Crippen LogP contribution in [0.15, 0.2) is 24.3 Å². The molecule has 4 nitrogen and oxygen atoms in total. The molecule has 0 spiro atoms. The Labute approximate surface area is 110 Å². The number of carbonyl (C=O) groups is 2. The van der Waals surface area contributed by atoms with E-state index >= 15 is 0 Å². The molecular formula is C14H13FN2O2. The Balaban J connectivity index is 2.40. The maximum absolute atomic E-state index is 13.8. The molecule has 0 aliphatic carbocycles. The van der Waals surface area contributed by atoms with Gasteiger partial charge in [-0.1, -0.05) is 24.1 Å². The van der Waals surface area contributed by atoms with E-state index in [0.29, 0.717) is 0 Å². The Morgan fingerprint density at radius 2 is 2.05 bits per heavy atom. The van der Waals surface area contributed by atoms with Crippen LogP contribution in [0.4, 0.5) is 9.18 Å². The summed E-state index contributed by atoms with van der Waals surface area (Å²) in [6.45, 7) is 3.12. The van der Waals surface area contributed by atoms with Gasteiger partial charge < -0.3 is 5.32 Å². The number of halogens is 1. The molecule has 1 aromatic carbocycles.